The van der Waals surface area contributed by atoms with Crippen LogP contribution >= 0.6 is 0 Å². The Morgan fingerprint density at radius 3 is 2.73 bits per heavy atom. The summed E-state index contributed by atoms with van der Waals surface area (Å²) in [5, 5.41) is 3.25. The summed E-state index contributed by atoms with van der Waals surface area (Å²) in [4.78, 5) is 0. The highest BCUT2D eigenvalue weighted by atomic mass is 16.5. The van der Waals surface area contributed by atoms with E-state index < -0.39 is 0 Å². The third-order valence-corrected chi connectivity index (χ3v) is 2.18. The Labute approximate surface area is 69.3 Å². The maximum absolute atomic E-state index is 5.64. The van der Waals surface area contributed by atoms with E-state index in [9.17, 15) is 0 Å². The first kappa shape index (κ1) is 9.01. The van der Waals surface area contributed by atoms with Crippen LogP contribution in [0, 0.1) is 0 Å². The zero-order chi connectivity index (χ0) is 7.94. The molecule has 0 aromatic carbocycles. The smallest absolute Gasteiger partial charge is 0.0594 e. The minimum Gasteiger partial charge on any atom is -0.377 e. The predicted octanol–water partition coefficient (Wildman–Crippen LogP) is 1.56. The van der Waals surface area contributed by atoms with E-state index in [1.807, 2.05) is 0 Å². The van der Waals surface area contributed by atoms with E-state index in [-0.39, 0.29) is 0 Å². The fourth-order valence-corrected chi connectivity index (χ4v) is 1.53. The molecule has 11 heavy (non-hydrogen) atoms. The van der Waals surface area contributed by atoms with Gasteiger partial charge in [-0.1, -0.05) is 19.8 Å². The van der Waals surface area contributed by atoms with E-state index >= 15 is 0 Å². The van der Waals surface area contributed by atoms with Crippen molar-refractivity contribution >= 4 is 0 Å². The van der Waals surface area contributed by atoms with Crippen molar-refractivity contribution < 1.29 is 4.74 Å². The van der Waals surface area contributed by atoms with Crippen LogP contribution in [0.25, 0.3) is 0 Å². The van der Waals surface area contributed by atoms with Crippen LogP contribution in [-0.2, 0) is 4.74 Å². The maximum atomic E-state index is 5.64. The normalized spacial score (nSPS) is 19.4. The van der Waals surface area contributed by atoms with E-state index in [1.54, 1.807) is 0 Å². The summed E-state index contributed by atoms with van der Waals surface area (Å²) in [6, 6.07) is 0. The lowest BCUT2D eigenvalue weighted by Crippen LogP contribution is -2.21. The molecule has 0 aliphatic heterocycles. The maximum Gasteiger partial charge on any atom is 0.0594 e. The highest BCUT2D eigenvalue weighted by Gasteiger charge is 2.14. The molecule has 1 fully saturated rings. The third-order valence-electron chi connectivity index (χ3n) is 2.18. The minimum absolute atomic E-state index is 0.577. The first-order chi connectivity index (χ1) is 5.43. The average Bonchev–Trinajstić information content (AvgIpc) is 2.50. The second-order valence-electron chi connectivity index (χ2n) is 3.13. The molecule has 1 aliphatic rings. The molecule has 0 aromatic rings. The molecule has 1 rings (SSSR count). The fraction of sp³-hybridized carbons (Fsp3) is 1.00. The summed E-state index contributed by atoms with van der Waals surface area (Å²) < 4.78 is 5.64. The molecule has 0 spiro atoms. The van der Waals surface area contributed by atoms with Crippen LogP contribution in [0.1, 0.15) is 32.6 Å². The van der Waals surface area contributed by atoms with Crippen LogP contribution in [0.2, 0.25) is 0 Å². The Morgan fingerprint density at radius 2 is 2.09 bits per heavy atom. The lowest BCUT2D eigenvalue weighted by atomic mass is 10.3. The van der Waals surface area contributed by atoms with Gasteiger partial charge in [0.15, 0.2) is 0 Å². The molecule has 0 saturated heterocycles. The molecule has 0 atom stereocenters. The van der Waals surface area contributed by atoms with E-state index in [0.717, 1.165) is 19.7 Å². The first-order valence-corrected chi connectivity index (χ1v) is 4.76. The van der Waals surface area contributed by atoms with E-state index in [4.69, 9.17) is 4.74 Å². The summed E-state index contributed by atoms with van der Waals surface area (Å²) in [5.41, 5.74) is 0. The molecular formula is C9H19NO. The van der Waals surface area contributed by atoms with Crippen LogP contribution < -0.4 is 5.32 Å². The standard InChI is InChI=1S/C9H19NO/c1-2-10-7-8-11-9-5-3-4-6-9/h9-10H,2-8H2,1H3. The van der Waals surface area contributed by atoms with Gasteiger partial charge in [0.1, 0.15) is 0 Å². The van der Waals surface area contributed by atoms with Gasteiger partial charge in [-0.3, -0.25) is 0 Å². The Hall–Kier alpha value is -0.0800. The minimum atomic E-state index is 0.577. The number of hydrogen-bond acceptors (Lipinski definition) is 2. The molecule has 0 heterocycles. The van der Waals surface area contributed by atoms with Gasteiger partial charge in [0.2, 0.25) is 0 Å². The number of ether oxygens (including phenoxy) is 1. The van der Waals surface area contributed by atoms with Gasteiger partial charge in [-0.2, -0.15) is 0 Å². The number of rotatable bonds is 5. The summed E-state index contributed by atoms with van der Waals surface area (Å²) >= 11 is 0. The Bertz CT molecular complexity index is 89.6. The second kappa shape index (κ2) is 5.56. The van der Waals surface area contributed by atoms with Gasteiger partial charge in [0.25, 0.3) is 0 Å². The lowest BCUT2D eigenvalue weighted by molar-refractivity contribution is 0.0606. The molecule has 1 saturated carbocycles. The molecule has 0 bridgehead atoms. The Kier molecular flexibility index (Phi) is 4.55. The van der Waals surface area contributed by atoms with Gasteiger partial charge in [-0.15, -0.1) is 0 Å². The molecule has 66 valence electrons. The van der Waals surface area contributed by atoms with Crippen molar-refractivity contribution in [2.24, 2.45) is 0 Å². The summed E-state index contributed by atoms with van der Waals surface area (Å²) in [6.45, 7) is 5.06. The Morgan fingerprint density at radius 1 is 1.36 bits per heavy atom. The monoisotopic (exact) mass is 157 g/mol. The van der Waals surface area contributed by atoms with Crippen molar-refractivity contribution in [1.82, 2.24) is 5.32 Å². The van der Waals surface area contributed by atoms with Crippen LogP contribution in [0.5, 0.6) is 0 Å². The van der Waals surface area contributed by atoms with E-state index in [0.29, 0.717) is 6.10 Å². The molecular weight excluding hydrogens is 138 g/mol. The molecule has 1 N–H and O–H groups in total. The Balaban J connectivity index is 1.86. The molecule has 0 amide bonds. The SMILES string of the molecule is CCNCCOC1CCCC1. The van der Waals surface area contributed by atoms with Crippen molar-refractivity contribution in [1.29, 1.82) is 0 Å². The van der Waals surface area contributed by atoms with Crippen LogP contribution in [0.4, 0.5) is 0 Å². The van der Waals surface area contributed by atoms with Gasteiger partial charge in [-0.25, -0.2) is 0 Å². The first-order valence-electron chi connectivity index (χ1n) is 4.76. The predicted molar refractivity (Wildman–Crippen MR) is 46.8 cm³/mol. The van der Waals surface area contributed by atoms with Crippen LogP contribution in [0.15, 0.2) is 0 Å². The second-order valence-corrected chi connectivity index (χ2v) is 3.13. The molecule has 0 unspecified atom stereocenters. The highest BCUT2D eigenvalue weighted by Crippen LogP contribution is 2.20. The third kappa shape index (κ3) is 3.73. The van der Waals surface area contributed by atoms with Gasteiger partial charge in [0, 0.05) is 6.54 Å². The molecule has 2 nitrogen and oxygen atoms in total. The average molecular weight is 157 g/mol. The molecule has 0 radical (unpaired) electrons. The van der Waals surface area contributed by atoms with E-state index in [2.05, 4.69) is 12.2 Å². The quantitative estimate of drug-likeness (QED) is 0.611. The van der Waals surface area contributed by atoms with Crippen molar-refractivity contribution in [2.45, 2.75) is 38.7 Å². The van der Waals surface area contributed by atoms with Crippen molar-refractivity contribution in [3.8, 4) is 0 Å². The van der Waals surface area contributed by atoms with Crippen molar-refractivity contribution in [3.05, 3.63) is 0 Å². The summed E-state index contributed by atoms with van der Waals surface area (Å²) in [6.07, 6.45) is 5.88. The van der Waals surface area contributed by atoms with Gasteiger partial charge < -0.3 is 10.1 Å². The number of likely N-dealkylation sites (N-methyl/N-ethyl adjacent to an activating group) is 1. The zero-order valence-electron chi connectivity index (χ0n) is 7.44. The van der Waals surface area contributed by atoms with Crippen molar-refractivity contribution in [2.75, 3.05) is 19.7 Å². The number of hydrogen-bond donors (Lipinski definition) is 1. The lowest BCUT2D eigenvalue weighted by Gasteiger charge is -2.10. The largest absolute Gasteiger partial charge is 0.377 e. The van der Waals surface area contributed by atoms with Gasteiger partial charge in [-0.05, 0) is 19.4 Å². The topological polar surface area (TPSA) is 21.3 Å². The fourth-order valence-electron chi connectivity index (χ4n) is 1.53. The summed E-state index contributed by atoms with van der Waals surface area (Å²) in [5.74, 6) is 0. The highest BCUT2D eigenvalue weighted by molar-refractivity contribution is 4.66. The number of nitrogens with one attached hydrogen (secondary N) is 1. The van der Waals surface area contributed by atoms with Gasteiger partial charge in [0.05, 0.1) is 12.7 Å². The van der Waals surface area contributed by atoms with Crippen LogP contribution in [-0.4, -0.2) is 25.8 Å². The van der Waals surface area contributed by atoms with E-state index in [1.165, 1.54) is 25.7 Å². The molecule has 1 aliphatic carbocycles. The molecule has 2 heteroatoms. The van der Waals surface area contributed by atoms with Gasteiger partial charge >= 0.3 is 0 Å². The zero-order valence-corrected chi connectivity index (χ0v) is 7.44. The van der Waals surface area contributed by atoms with Crippen molar-refractivity contribution in [3.63, 3.8) is 0 Å². The summed E-state index contributed by atoms with van der Waals surface area (Å²) in [7, 11) is 0. The molecule has 0 aromatic heterocycles. The van der Waals surface area contributed by atoms with Crippen LogP contribution in [0.3, 0.4) is 0 Å².